The van der Waals surface area contributed by atoms with Gasteiger partial charge in [0.2, 0.25) is 0 Å². The standard InChI is InChI=1S/C21H19N/c1-2-6-18-14(5-1)13-21(20-8-4-3-7-19(18)20)15-11-16-9-10-17(12-15)22-16/h1-8,11,13,16-17,22H,9-10,12H2. The Morgan fingerprint density at radius 3 is 2.45 bits per heavy atom. The van der Waals surface area contributed by atoms with Crippen molar-refractivity contribution in [3.8, 4) is 0 Å². The molecule has 2 bridgehead atoms. The second kappa shape index (κ2) is 4.69. The highest BCUT2D eigenvalue weighted by Gasteiger charge is 2.28. The van der Waals surface area contributed by atoms with Gasteiger partial charge in [0.25, 0.3) is 0 Å². The normalized spacial score (nSPS) is 23.9. The number of fused-ring (bicyclic) bond motifs is 5. The van der Waals surface area contributed by atoms with E-state index in [0.717, 1.165) is 0 Å². The summed E-state index contributed by atoms with van der Waals surface area (Å²) in [6, 6.07) is 21.3. The summed E-state index contributed by atoms with van der Waals surface area (Å²) < 4.78 is 0. The average molecular weight is 285 g/mol. The van der Waals surface area contributed by atoms with Crippen molar-refractivity contribution < 1.29 is 0 Å². The summed E-state index contributed by atoms with van der Waals surface area (Å²) in [5, 5.41) is 9.18. The Hall–Kier alpha value is -2.12. The molecule has 2 atom stereocenters. The molecule has 2 heterocycles. The molecule has 2 aliphatic heterocycles. The predicted molar refractivity (Wildman–Crippen MR) is 94.0 cm³/mol. The van der Waals surface area contributed by atoms with Gasteiger partial charge in [-0.05, 0) is 58.0 Å². The van der Waals surface area contributed by atoms with E-state index in [-0.39, 0.29) is 0 Å². The topological polar surface area (TPSA) is 12.0 Å². The number of hydrogen-bond donors (Lipinski definition) is 1. The number of hydrogen-bond acceptors (Lipinski definition) is 1. The van der Waals surface area contributed by atoms with E-state index < -0.39 is 0 Å². The van der Waals surface area contributed by atoms with Crippen LogP contribution in [0.5, 0.6) is 0 Å². The van der Waals surface area contributed by atoms with Crippen LogP contribution in [0, 0.1) is 0 Å². The SMILES string of the molecule is C1=C(c2cc3ccccc3c3ccccc23)CC2CCC1N2. The van der Waals surface area contributed by atoms with Crippen LogP contribution >= 0.6 is 0 Å². The van der Waals surface area contributed by atoms with Crippen molar-refractivity contribution in [1.82, 2.24) is 5.32 Å². The first-order valence-electron chi connectivity index (χ1n) is 8.26. The zero-order valence-corrected chi connectivity index (χ0v) is 12.5. The Bertz CT molecular complexity index is 906. The minimum absolute atomic E-state index is 0.582. The molecule has 1 fully saturated rings. The van der Waals surface area contributed by atoms with E-state index in [1.807, 2.05) is 0 Å². The van der Waals surface area contributed by atoms with Crippen molar-refractivity contribution in [3.63, 3.8) is 0 Å². The lowest BCUT2D eigenvalue weighted by Gasteiger charge is -2.23. The molecule has 1 heteroatoms. The quantitative estimate of drug-likeness (QED) is 0.627. The highest BCUT2D eigenvalue weighted by molar-refractivity contribution is 6.11. The average Bonchev–Trinajstić information content (AvgIpc) is 2.92. The fourth-order valence-corrected chi connectivity index (χ4v) is 4.24. The zero-order valence-electron chi connectivity index (χ0n) is 12.5. The van der Waals surface area contributed by atoms with Crippen molar-refractivity contribution in [2.45, 2.75) is 31.3 Å². The molecular formula is C21H19N. The number of nitrogens with one attached hydrogen (secondary N) is 1. The maximum absolute atomic E-state index is 3.70. The lowest BCUT2D eigenvalue weighted by atomic mass is 9.89. The fraction of sp³-hybridized carbons (Fsp3) is 0.238. The molecule has 0 spiro atoms. The molecule has 2 aliphatic rings. The van der Waals surface area contributed by atoms with Gasteiger partial charge in [-0.1, -0.05) is 54.6 Å². The van der Waals surface area contributed by atoms with Gasteiger partial charge in [-0.3, -0.25) is 0 Å². The Kier molecular flexibility index (Phi) is 2.65. The molecule has 1 nitrogen and oxygen atoms in total. The van der Waals surface area contributed by atoms with E-state index in [4.69, 9.17) is 0 Å². The minimum Gasteiger partial charge on any atom is -0.307 e. The zero-order chi connectivity index (χ0) is 14.5. The van der Waals surface area contributed by atoms with Crippen LogP contribution in [-0.2, 0) is 0 Å². The van der Waals surface area contributed by atoms with Gasteiger partial charge in [-0.15, -0.1) is 0 Å². The van der Waals surface area contributed by atoms with Gasteiger partial charge in [0.05, 0.1) is 0 Å². The largest absolute Gasteiger partial charge is 0.307 e. The summed E-state index contributed by atoms with van der Waals surface area (Å²) in [5.41, 5.74) is 2.97. The molecule has 3 aromatic rings. The molecular weight excluding hydrogens is 266 g/mol. The van der Waals surface area contributed by atoms with Crippen LogP contribution in [0.15, 0.2) is 60.7 Å². The van der Waals surface area contributed by atoms with Crippen molar-refractivity contribution >= 4 is 27.1 Å². The summed E-state index contributed by atoms with van der Waals surface area (Å²) in [7, 11) is 0. The first kappa shape index (κ1) is 12.4. The second-order valence-electron chi connectivity index (χ2n) is 6.63. The molecule has 1 saturated heterocycles. The highest BCUT2D eigenvalue weighted by atomic mass is 15.0. The van der Waals surface area contributed by atoms with Crippen LogP contribution in [0.3, 0.4) is 0 Å². The summed E-state index contributed by atoms with van der Waals surface area (Å²) in [6.45, 7) is 0. The third kappa shape index (κ3) is 1.82. The first-order chi connectivity index (χ1) is 10.9. The maximum atomic E-state index is 3.70. The Morgan fingerprint density at radius 1 is 0.818 bits per heavy atom. The Morgan fingerprint density at radius 2 is 1.59 bits per heavy atom. The molecule has 22 heavy (non-hydrogen) atoms. The maximum Gasteiger partial charge on any atom is 0.0259 e. The lowest BCUT2D eigenvalue weighted by Crippen LogP contribution is -2.31. The van der Waals surface area contributed by atoms with Crippen LogP contribution in [-0.4, -0.2) is 12.1 Å². The summed E-state index contributed by atoms with van der Waals surface area (Å²) >= 11 is 0. The first-order valence-corrected chi connectivity index (χ1v) is 8.26. The van der Waals surface area contributed by atoms with Crippen LogP contribution < -0.4 is 5.32 Å². The molecule has 108 valence electrons. The van der Waals surface area contributed by atoms with Gasteiger partial charge < -0.3 is 5.32 Å². The van der Waals surface area contributed by atoms with Crippen molar-refractivity contribution in [2.75, 3.05) is 0 Å². The number of benzene rings is 3. The molecule has 0 aromatic heterocycles. The molecule has 2 unspecified atom stereocenters. The Balaban J connectivity index is 1.82. The van der Waals surface area contributed by atoms with Gasteiger partial charge in [-0.2, -0.15) is 0 Å². The van der Waals surface area contributed by atoms with Crippen molar-refractivity contribution in [1.29, 1.82) is 0 Å². The lowest BCUT2D eigenvalue weighted by molar-refractivity contribution is 0.575. The second-order valence-corrected chi connectivity index (χ2v) is 6.63. The predicted octanol–water partition coefficient (Wildman–Crippen LogP) is 4.90. The molecule has 5 rings (SSSR count). The molecule has 3 aromatic carbocycles. The molecule has 0 radical (unpaired) electrons. The van der Waals surface area contributed by atoms with E-state index in [0.29, 0.717) is 12.1 Å². The van der Waals surface area contributed by atoms with E-state index in [1.54, 1.807) is 0 Å². The minimum atomic E-state index is 0.582. The van der Waals surface area contributed by atoms with E-state index in [9.17, 15) is 0 Å². The molecule has 0 aliphatic carbocycles. The monoisotopic (exact) mass is 285 g/mol. The Labute approximate surface area is 130 Å². The van der Waals surface area contributed by atoms with E-state index >= 15 is 0 Å². The molecule has 0 saturated carbocycles. The third-order valence-electron chi connectivity index (χ3n) is 5.26. The van der Waals surface area contributed by atoms with Gasteiger partial charge >= 0.3 is 0 Å². The summed E-state index contributed by atoms with van der Waals surface area (Å²) in [6.07, 6.45) is 6.24. The summed E-state index contributed by atoms with van der Waals surface area (Å²) in [5.74, 6) is 0. The van der Waals surface area contributed by atoms with E-state index in [2.05, 4.69) is 66.0 Å². The molecule has 1 N–H and O–H groups in total. The summed E-state index contributed by atoms with van der Waals surface area (Å²) in [4.78, 5) is 0. The highest BCUT2D eigenvalue weighted by Crippen LogP contribution is 2.37. The van der Waals surface area contributed by atoms with Crippen LogP contribution in [0.1, 0.15) is 24.8 Å². The van der Waals surface area contributed by atoms with Crippen molar-refractivity contribution in [2.24, 2.45) is 0 Å². The fourth-order valence-electron chi connectivity index (χ4n) is 4.24. The van der Waals surface area contributed by atoms with Crippen LogP contribution in [0.25, 0.3) is 27.1 Å². The van der Waals surface area contributed by atoms with Crippen LogP contribution in [0.2, 0.25) is 0 Å². The van der Waals surface area contributed by atoms with Gasteiger partial charge in [-0.25, -0.2) is 0 Å². The molecule has 0 amide bonds. The van der Waals surface area contributed by atoms with Gasteiger partial charge in [0.15, 0.2) is 0 Å². The smallest absolute Gasteiger partial charge is 0.0259 e. The number of rotatable bonds is 1. The van der Waals surface area contributed by atoms with Gasteiger partial charge in [0.1, 0.15) is 0 Å². The third-order valence-corrected chi connectivity index (χ3v) is 5.26. The van der Waals surface area contributed by atoms with E-state index in [1.165, 1.54) is 51.9 Å². The van der Waals surface area contributed by atoms with Crippen molar-refractivity contribution in [3.05, 3.63) is 66.2 Å². The van der Waals surface area contributed by atoms with Crippen LogP contribution in [0.4, 0.5) is 0 Å². The van der Waals surface area contributed by atoms with Gasteiger partial charge in [0, 0.05) is 12.1 Å².